The fourth-order valence-corrected chi connectivity index (χ4v) is 2.31. The number of nitrogens with one attached hydrogen (secondary N) is 1. The van der Waals surface area contributed by atoms with Crippen LogP contribution in [0.2, 0.25) is 0 Å². The Balaban J connectivity index is 2.41. The molecule has 5 N–H and O–H groups in total. The van der Waals surface area contributed by atoms with Crippen LogP contribution in [0.1, 0.15) is 35.7 Å². The van der Waals surface area contributed by atoms with E-state index in [1.807, 2.05) is 19.9 Å². The third-order valence-electron chi connectivity index (χ3n) is 3.54. The number of rotatable bonds is 4. The highest BCUT2D eigenvalue weighted by Gasteiger charge is 2.17. The highest BCUT2D eigenvalue weighted by molar-refractivity contribution is 5.91. The van der Waals surface area contributed by atoms with Crippen molar-refractivity contribution in [2.75, 3.05) is 0 Å². The first-order valence-corrected chi connectivity index (χ1v) is 6.20. The molecule has 0 aliphatic heterocycles. The van der Waals surface area contributed by atoms with Crippen molar-refractivity contribution in [2.24, 2.45) is 5.73 Å². The zero-order valence-corrected chi connectivity index (χ0v) is 11.0. The predicted octanol–water partition coefficient (Wildman–Crippen LogP) is 2.35. The van der Waals surface area contributed by atoms with Gasteiger partial charge in [-0.05, 0) is 31.9 Å². The molecular weight excluding hydrogens is 244 g/mol. The summed E-state index contributed by atoms with van der Waals surface area (Å²) >= 11 is 0. The van der Waals surface area contributed by atoms with Gasteiger partial charge in [-0.25, -0.2) is 0 Å². The number of benzene rings is 1. The smallest absolute Gasteiger partial charge is 0.303 e. The number of carbonyl (C=O) groups is 1. The second kappa shape index (κ2) is 4.93. The van der Waals surface area contributed by atoms with Crippen LogP contribution in [0.3, 0.4) is 0 Å². The number of carboxylic acids is 1. The van der Waals surface area contributed by atoms with Gasteiger partial charge in [-0.15, -0.1) is 0 Å². The molecule has 1 aromatic heterocycles. The van der Waals surface area contributed by atoms with Gasteiger partial charge in [-0.3, -0.25) is 4.79 Å². The molecule has 1 heterocycles. The molecule has 2 rings (SSSR count). The second-order valence-electron chi connectivity index (χ2n) is 4.84. The Morgan fingerprint density at radius 3 is 2.74 bits per heavy atom. The Kier molecular flexibility index (Phi) is 3.48. The third-order valence-corrected chi connectivity index (χ3v) is 3.54. The maximum absolute atomic E-state index is 10.6. The van der Waals surface area contributed by atoms with Crippen molar-refractivity contribution < 1.29 is 15.0 Å². The zero-order valence-electron chi connectivity index (χ0n) is 11.0. The van der Waals surface area contributed by atoms with Crippen molar-refractivity contribution in [1.82, 2.24) is 4.98 Å². The number of hydrogen-bond acceptors (Lipinski definition) is 3. The number of nitrogens with two attached hydrogens (primary N) is 1. The first-order valence-electron chi connectivity index (χ1n) is 6.20. The van der Waals surface area contributed by atoms with E-state index in [2.05, 4.69) is 4.98 Å². The molecule has 0 fully saturated rings. The van der Waals surface area contributed by atoms with Crippen molar-refractivity contribution in [3.63, 3.8) is 0 Å². The molecule has 0 radical (unpaired) electrons. The first-order chi connectivity index (χ1) is 8.91. The lowest BCUT2D eigenvalue weighted by Gasteiger charge is -2.13. The Morgan fingerprint density at radius 2 is 2.11 bits per heavy atom. The van der Waals surface area contributed by atoms with Crippen LogP contribution in [0.5, 0.6) is 5.75 Å². The summed E-state index contributed by atoms with van der Waals surface area (Å²) in [6.07, 6.45) is 0.292. The first kappa shape index (κ1) is 13.4. The average Bonchev–Trinajstić information content (AvgIpc) is 2.63. The SMILES string of the molecule is Cc1[nH]c2ccc(C(N)CCC(=O)O)c(O)c2c1C. The number of aryl methyl sites for hydroxylation is 2. The fourth-order valence-electron chi connectivity index (χ4n) is 2.31. The molecule has 2 aromatic rings. The van der Waals surface area contributed by atoms with Gasteiger partial charge in [0, 0.05) is 34.6 Å². The minimum Gasteiger partial charge on any atom is -0.507 e. The summed E-state index contributed by atoms with van der Waals surface area (Å²) in [4.78, 5) is 13.8. The molecule has 19 heavy (non-hydrogen) atoms. The molecule has 1 unspecified atom stereocenters. The van der Waals surface area contributed by atoms with E-state index in [9.17, 15) is 9.90 Å². The summed E-state index contributed by atoms with van der Waals surface area (Å²) in [7, 11) is 0. The van der Waals surface area contributed by atoms with Crippen LogP contribution in [0.4, 0.5) is 0 Å². The van der Waals surface area contributed by atoms with Gasteiger partial charge in [0.05, 0.1) is 0 Å². The molecule has 1 atom stereocenters. The molecule has 1 aromatic carbocycles. The van der Waals surface area contributed by atoms with Crippen LogP contribution >= 0.6 is 0 Å². The van der Waals surface area contributed by atoms with E-state index < -0.39 is 12.0 Å². The van der Waals surface area contributed by atoms with Crippen molar-refractivity contribution in [3.05, 3.63) is 29.0 Å². The van der Waals surface area contributed by atoms with E-state index in [1.54, 1.807) is 6.07 Å². The number of carboxylic acid groups (broad SMARTS) is 1. The molecule has 0 saturated heterocycles. The minimum absolute atomic E-state index is 0.0101. The Morgan fingerprint density at radius 1 is 1.42 bits per heavy atom. The summed E-state index contributed by atoms with van der Waals surface area (Å²) in [5.41, 5.74) is 9.40. The number of fused-ring (bicyclic) bond motifs is 1. The van der Waals surface area contributed by atoms with Crippen LogP contribution in [0.15, 0.2) is 12.1 Å². The third kappa shape index (κ3) is 2.42. The minimum atomic E-state index is -0.885. The molecule has 0 saturated carbocycles. The summed E-state index contributed by atoms with van der Waals surface area (Å²) in [5.74, 6) is -0.734. The van der Waals surface area contributed by atoms with Gasteiger partial charge in [0.1, 0.15) is 5.75 Å². The second-order valence-corrected chi connectivity index (χ2v) is 4.84. The predicted molar refractivity (Wildman–Crippen MR) is 73.2 cm³/mol. The van der Waals surface area contributed by atoms with E-state index in [4.69, 9.17) is 10.8 Å². The van der Waals surface area contributed by atoms with Crippen molar-refractivity contribution >= 4 is 16.9 Å². The largest absolute Gasteiger partial charge is 0.507 e. The highest BCUT2D eigenvalue weighted by atomic mass is 16.4. The number of hydrogen-bond donors (Lipinski definition) is 4. The molecule has 0 bridgehead atoms. The summed E-state index contributed by atoms with van der Waals surface area (Å²) in [6.45, 7) is 3.87. The van der Waals surface area contributed by atoms with Gasteiger partial charge in [0.25, 0.3) is 0 Å². The number of H-pyrrole nitrogens is 1. The number of aromatic amines is 1. The van der Waals surface area contributed by atoms with Crippen LogP contribution in [-0.4, -0.2) is 21.2 Å². The van der Waals surface area contributed by atoms with Gasteiger partial charge >= 0.3 is 5.97 Å². The number of phenols is 1. The molecule has 102 valence electrons. The van der Waals surface area contributed by atoms with Gasteiger partial charge in [0.15, 0.2) is 0 Å². The number of aliphatic carboxylic acids is 1. The van der Waals surface area contributed by atoms with E-state index in [0.717, 1.165) is 22.2 Å². The van der Waals surface area contributed by atoms with Gasteiger partial charge in [-0.2, -0.15) is 0 Å². The van der Waals surface area contributed by atoms with E-state index in [0.29, 0.717) is 12.0 Å². The molecule has 0 spiro atoms. The monoisotopic (exact) mass is 262 g/mol. The molecule has 0 aliphatic rings. The lowest BCUT2D eigenvalue weighted by Crippen LogP contribution is -2.12. The quantitative estimate of drug-likeness (QED) is 0.679. The number of aromatic hydroxyl groups is 1. The number of aromatic nitrogens is 1. The van der Waals surface area contributed by atoms with Crippen LogP contribution in [-0.2, 0) is 4.79 Å². The number of phenolic OH excluding ortho intramolecular Hbond substituents is 1. The summed E-state index contributed by atoms with van der Waals surface area (Å²) < 4.78 is 0. The topological polar surface area (TPSA) is 99.3 Å². The lowest BCUT2D eigenvalue weighted by atomic mass is 9.98. The van der Waals surface area contributed by atoms with E-state index in [-0.39, 0.29) is 12.2 Å². The van der Waals surface area contributed by atoms with Crippen molar-refractivity contribution in [3.8, 4) is 5.75 Å². The standard InChI is InChI=1S/C14H18N2O3/c1-7-8(2)16-11-5-3-9(14(19)13(7)11)10(15)4-6-12(17)18/h3,5,10,16,19H,4,6,15H2,1-2H3,(H,17,18). The molecule has 0 amide bonds. The summed E-state index contributed by atoms with van der Waals surface area (Å²) in [6, 6.07) is 3.14. The van der Waals surface area contributed by atoms with Gasteiger partial charge in [-0.1, -0.05) is 6.07 Å². The van der Waals surface area contributed by atoms with Gasteiger partial charge in [0.2, 0.25) is 0 Å². The Bertz CT molecular complexity index is 631. The zero-order chi connectivity index (χ0) is 14.2. The fraction of sp³-hybridized carbons (Fsp3) is 0.357. The maximum Gasteiger partial charge on any atom is 0.303 e. The highest BCUT2D eigenvalue weighted by Crippen LogP contribution is 2.36. The average molecular weight is 262 g/mol. The Labute approximate surface area is 111 Å². The summed E-state index contributed by atoms with van der Waals surface area (Å²) in [5, 5.41) is 19.8. The van der Waals surface area contributed by atoms with Crippen LogP contribution in [0, 0.1) is 13.8 Å². The van der Waals surface area contributed by atoms with Crippen molar-refractivity contribution in [2.45, 2.75) is 32.7 Å². The van der Waals surface area contributed by atoms with E-state index in [1.165, 1.54) is 0 Å². The van der Waals surface area contributed by atoms with Crippen LogP contribution < -0.4 is 5.73 Å². The maximum atomic E-state index is 10.6. The Hall–Kier alpha value is -2.01. The van der Waals surface area contributed by atoms with Crippen molar-refractivity contribution in [1.29, 1.82) is 0 Å². The van der Waals surface area contributed by atoms with Crippen LogP contribution in [0.25, 0.3) is 10.9 Å². The molecule has 5 nitrogen and oxygen atoms in total. The molecule has 5 heteroatoms. The van der Waals surface area contributed by atoms with Gasteiger partial charge < -0.3 is 20.9 Å². The van der Waals surface area contributed by atoms with E-state index >= 15 is 0 Å². The molecular formula is C14H18N2O3. The normalized spacial score (nSPS) is 12.8. The lowest BCUT2D eigenvalue weighted by molar-refractivity contribution is -0.137. The molecule has 0 aliphatic carbocycles.